The van der Waals surface area contributed by atoms with E-state index in [9.17, 15) is 0 Å². The summed E-state index contributed by atoms with van der Waals surface area (Å²) in [7, 11) is 4.25. The molecule has 1 rings (SSSR count). The third-order valence-corrected chi connectivity index (χ3v) is 1.68. The number of rotatable bonds is 2. The molecule has 2 radical (unpaired) electrons. The van der Waals surface area contributed by atoms with Crippen molar-refractivity contribution in [1.82, 2.24) is 4.57 Å². The van der Waals surface area contributed by atoms with Crippen LogP contribution in [0, 0.1) is 0 Å². The molecule has 0 bridgehead atoms. The van der Waals surface area contributed by atoms with Gasteiger partial charge in [-0.05, 0) is 18.6 Å². The fourth-order valence-corrected chi connectivity index (χ4v) is 1.09. The minimum absolute atomic E-state index is 1.05. The Bertz CT molecular complexity index is 181. The molecule has 1 nitrogen and oxygen atoms in total. The van der Waals surface area contributed by atoms with Gasteiger partial charge in [-0.1, -0.05) is 6.92 Å². The summed E-state index contributed by atoms with van der Waals surface area (Å²) in [6, 6.07) is 4.01. The molecular weight excluding hydrogens is 129 g/mol. The average molecular weight is 139 g/mol. The topological polar surface area (TPSA) is 4.93 Å². The van der Waals surface area contributed by atoms with E-state index in [2.05, 4.69) is 20.7 Å². The zero-order valence-corrected chi connectivity index (χ0v) is 6.44. The third kappa shape index (κ3) is 1.56. The molecular formula is C7H10NP. The fourth-order valence-electron chi connectivity index (χ4n) is 0.835. The largest absolute Gasteiger partial charge is 0.347 e. The summed E-state index contributed by atoms with van der Waals surface area (Å²) in [6.07, 6.45) is 3.22. The van der Waals surface area contributed by atoms with Crippen molar-refractivity contribution in [2.24, 2.45) is 0 Å². The zero-order chi connectivity index (χ0) is 6.69. The van der Waals surface area contributed by atoms with Crippen molar-refractivity contribution in [2.75, 3.05) is 0 Å². The maximum absolute atomic E-state index is 4.25. The van der Waals surface area contributed by atoms with Crippen molar-refractivity contribution in [3.8, 4) is 0 Å². The van der Waals surface area contributed by atoms with E-state index in [-0.39, 0.29) is 0 Å². The van der Waals surface area contributed by atoms with Crippen molar-refractivity contribution in [3.05, 3.63) is 18.3 Å². The van der Waals surface area contributed by atoms with E-state index in [1.807, 2.05) is 18.3 Å². The first-order valence-electron chi connectivity index (χ1n) is 3.18. The van der Waals surface area contributed by atoms with Gasteiger partial charge < -0.3 is 4.57 Å². The van der Waals surface area contributed by atoms with E-state index < -0.39 is 0 Å². The van der Waals surface area contributed by atoms with Crippen molar-refractivity contribution in [2.45, 2.75) is 19.9 Å². The van der Waals surface area contributed by atoms with Crippen LogP contribution in [0.5, 0.6) is 0 Å². The zero-order valence-electron chi connectivity index (χ0n) is 5.54. The average Bonchev–Trinajstić information content (AvgIpc) is 2.18. The van der Waals surface area contributed by atoms with E-state index >= 15 is 0 Å². The van der Waals surface area contributed by atoms with E-state index in [0.29, 0.717) is 0 Å². The molecule has 2 heteroatoms. The molecule has 0 aliphatic heterocycles. The fraction of sp³-hybridized carbons (Fsp3) is 0.429. The van der Waals surface area contributed by atoms with Gasteiger partial charge in [0.05, 0.1) is 5.44 Å². The molecule has 0 saturated heterocycles. The second kappa shape index (κ2) is 3.03. The summed E-state index contributed by atoms with van der Waals surface area (Å²) in [5.41, 5.74) is 1.05. The lowest BCUT2D eigenvalue weighted by Gasteiger charge is -1.99. The van der Waals surface area contributed by atoms with Gasteiger partial charge >= 0.3 is 0 Å². The van der Waals surface area contributed by atoms with Gasteiger partial charge in [0.2, 0.25) is 0 Å². The monoisotopic (exact) mass is 139 g/mol. The van der Waals surface area contributed by atoms with E-state index in [1.165, 1.54) is 6.42 Å². The van der Waals surface area contributed by atoms with Crippen LogP contribution in [-0.2, 0) is 6.54 Å². The Labute approximate surface area is 58.3 Å². The number of aromatic nitrogens is 1. The highest BCUT2D eigenvalue weighted by Crippen LogP contribution is 1.94. The second-order valence-corrected chi connectivity index (χ2v) is 2.52. The highest BCUT2D eigenvalue weighted by molar-refractivity contribution is 7.27. The normalized spacial score (nSPS) is 10.0. The molecule has 0 amide bonds. The molecule has 48 valence electrons. The van der Waals surface area contributed by atoms with E-state index in [4.69, 9.17) is 0 Å². The Morgan fingerprint density at radius 1 is 1.67 bits per heavy atom. The molecule has 0 fully saturated rings. The molecule has 0 unspecified atom stereocenters. The first-order chi connectivity index (χ1) is 4.34. The van der Waals surface area contributed by atoms with Crippen molar-refractivity contribution < 1.29 is 0 Å². The Kier molecular flexibility index (Phi) is 2.29. The SMILES string of the molecule is CCCn1cccc1[P]. The minimum Gasteiger partial charge on any atom is -0.347 e. The van der Waals surface area contributed by atoms with Gasteiger partial charge in [-0.2, -0.15) is 0 Å². The van der Waals surface area contributed by atoms with Gasteiger partial charge in [0.15, 0.2) is 0 Å². The Hall–Kier alpha value is -0.290. The first-order valence-corrected chi connectivity index (χ1v) is 3.63. The lowest BCUT2D eigenvalue weighted by molar-refractivity contribution is 0.699. The summed E-state index contributed by atoms with van der Waals surface area (Å²) in [4.78, 5) is 0. The van der Waals surface area contributed by atoms with Crippen LogP contribution in [-0.4, -0.2) is 4.57 Å². The van der Waals surface area contributed by atoms with Crippen LogP contribution in [0.4, 0.5) is 0 Å². The maximum Gasteiger partial charge on any atom is 0.0513 e. The molecule has 9 heavy (non-hydrogen) atoms. The smallest absolute Gasteiger partial charge is 0.0513 e. The summed E-state index contributed by atoms with van der Waals surface area (Å²) < 4.78 is 2.13. The van der Waals surface area contributed by atoms with Gasteiger partial charge in [0.1, 0.15) is 0 Å². The molecule has 0 aliphatic carbocycles. The van der Waals surface area contributed by atoms with Gasteiger partial charge in [-0.3, -0.25) is 0 Å². The number of aryl methyl sites for hydroxylation is 1. The highest BCUT2D eigenvalue weighted by Gasteiger charge is 1.91. The quantitative estimate of drug-likeness (QED) is 0.552. The summed E-state index contributed by atoms with van der Waals surface area (Å²) >= 11 is 0. The Balaban J connectivity index is 2.69. The number of nitrogens with zero attached hydrogens (tertiary/aromatic N) is 1. The lowest BCUT2D eigenvalue weighted by atomic mass is 10.5. The molecule has 0 spiro atoms. The van der Waals surface area contributed by atoms with E-state index in [0.717, 1.165) is 12.0 Å². The van der Waals surface area contributed by atoms with Gasteiger partial charge in [-0.25, -0.2) is 0 Å². The van der Waals surface area contributed by atoms with Crippen molar-refractivity contribution in [1.29, 1.82) is 0 Å². The molecule has 0 aliphatic rings. The molecule has 0 atom stereocenters. The Morgan fingerprint density at radius 2 is 2.44 bits per heavy atom. The standard InChI is InChI=1S/C7H10NP/c1-2-5-8-6-3-4-7(8)9/h3-4,6H,2,5H2,1H3. The molecule has 0 saturated carbocycles. The molecule has 0 aromatic carbocycles. The summed E-state index contributed by atoms with van der Waals surface area (Å²) in [5.74, 6) is 0. The lowest BCUT2D eigenvalue weighted by Crippen LogP contribution is -2.07. The van der Waals surface area contributed by atoms with Crippen molar-refractivity contribution in [3.63, 3.8) is 0 Å². The van der Waals surface area contributed by atoms with Gasteiger partial charge in [0.25, 0.3) is 0 Å². The third-order valence-electron chi connectivity index (χ3n) is 1.27. The van der Waals surface area contributed by atoms with Crippen LogP contribution in [0.25, 0.3) is 0 Å². The van der Waals surface area contributed by atoms with Crippen LogP contribution in [0.15, 0.2) is 18.3 Å². The summed E-state index contributed by atoms with van der Waals surface area (Å²) in [6.45, 7) is 3.24. The van der Waals surface area contributed by atoms with Crippen LogP contribution in [0.3, 0.4) is 0 Å². The van der Waals surface area contributed by atoms with Crippen LogP contribution >= 0.6 is 9.24 Å². The number of hydrogen-bond donors (Lipinski definition) is 0. The van der Waals surface area contributed by atoms with Gasteiger partial charge in [0, 0.05) is 22.0 Å². The van der Waals surface area contributed by atoms with Crippen LogP contribution in [0.1, 0.15) is 13.3 Å². The Morgan fingerprint density at radius 3 is 2.89 bits per heavy atom. The molecule has 1 aromatic rings. The predicted molar refractivity (Wildman–Crippen MR) is 41.3 cm³/mol. The van der Waals surface area contributed by atoms with Crippen molar-refractivity contribution >= 4 is 14.7 Å². The molecule has 0 N–H and O–H groups in total. The molecule has 1 heterocycles. The minimum atomic E-state index is 1.05. The maximum atomic E-state index is 4.25. The van der Waals surface area contributed by atoms with E-state index in [1.54, 1.807) is 0 Å². The first kappa shape index (κ1) is 6.82. The van der Waals surface area contributed by atoms with Gasteiger partial charge in [-0.15, -0.1) is 0 Å². The van der Waals surface area contributed by atoms with Crippen LogP contribution < -0.4 is 5.44 Å². The molecule has 1 aromatic heterocycles. The second-order valence-electron chi connectivity index (χ2n) is 2.06. The predicted octanol–water partition coefficient (Wildman–Crippen LogP) is 1.93. The number of hydrogen-bond acceptors (Lipinski definition) is 0. The summed E-state index contributed by atoms with van der Waals surface area (Å²) in [5, 5.41) is 0. The van der Waals surface area contributed by atoms with Crippen LogP contribution in [0.2, 0.25) is 0 Å². The highest BCUT2D eigenvalue weighted by atomic mass is 31.0.